The number of aryl methyl sites for hydroxylation is 4. The Morgan fingerprint density at radius 2 is 1.95 bits per heavy atom. The van der Waals surface area contributed by atoms with Crippen LogP contribution in [0.15, 0.2) is 6.07 Å². The van der Waals surface area contributed by atoms with Gasteiger partial charge in [-0.2, -0.15) is 5.10 Å². The van der Waals surface area contributed by atoms with Crippen LogP contribution >= 0.6 is 11.6 Å². The normalized spacial score (nSPS) is 10.8. The van der Waals surface area contributed by atoms with Gasteiger partial charge < -0.3 is 4.90 Å². The third-order valence-electron chi connectivity index (χ3n) is 3.01. The lowest BCUT2D eigenvalue weighted by molar-refractivity contribution is 0.757. The largest absolute Gasteiger partial charge is 0.355 e. The van der Waals surface area contributed by atoms with Crippen LogP contribution in [-0.2, 0) is 13.6 Å². The lowest BCUT2D eigenvalue weighted by Gasteiger charge is -2.18. The summed E-state index contributed by atoms with van der Waals surface area (Å²) >= 11 is 6.25. The molecule has 0 saturated heterocycles. The molecule has 0 aliphatic rings. The number of halogens is 1. The van der Waals surface area contributed by atoms with Crippen LogP contribution in [0.1, 0.15) is 22.8 Å². The molecule has 19 heavy (non-hydrogen) atoms. The highest BCUT2D eigenvalue weighted by Gasteiger charge is 2.14. The summed E-state index contributed by atoms with van der Waals surface area (Å²) in [5.74, 6) is 1.67. The van der Waals surface area contributed by atoms with Crippen molar-refractivity contribution >= 4 is 17.4 Å². The maximum Gasteiger partial charge on any atom is 0.132 e. The van der Waals surface area contributed by atoms with E-state index < -0.39 is 0 Å². The van der Waals surface area contributed by atoms with Crippen molar-refractivity contribution in [2.75, 3.05) is 11.9 Å². The van der Waals surface area contributed by atoms with E-state index in [0.717, 1.165) is 28.6 Å². The molecule has 0 bridgehead atoms. The van der Waals surface area contributed by atoms with E-state index in [2.05, 4.69) is 20.0 Å². The number of aromatic nitrogens is 4. The van der Waals surface area contributed by atoms with Gasteiger partial charge in [-0.05, 0) is 20.8 Å². The van der Waals surface area contributed by atoms with Gasteiger partial charge in [-0.25, -0.2) is 9.97 Å². The average molecular weight is 280 g/mol. The Hall–Kier alpha value is -1.62. The molecule has 2 heterocycles. The number of anilines is 1. The highest BCUT2D eigenvalue weighted by molar-refractivity contribution is 6.30. The molecule has 0 atom stereocenters. The second-order valence-electron chi connectivity index (χ2n) is 4.75. The van der Waals surface area contributed by atoms with E-state index in [1.54, 1.807) is 4.68 Å². The Morgan fingerprint density at radius 1 is 1.26 bits per heavy atom. The molecule has 2 aromatic heterocycles. The molecule has 2 rings (SSSR count). The van der Waals surface area contributed by atoms with Crippen molar-refractivity contribution in [3.63, 3.8) is 0 Å². The molecule has 0 aromatic carbocycles. The molecule has 0 radical (unpaired) electrons. The SMILES string of the molecule is Cc1cc(N(C)Cc2c(C)nn(C)c2Cl)nc(C)n1. The predicted octanol–water partition coefficient (Wildman–Crippen LogP) is 2.43. The molecule has 0 N–H and O–H groups in total. The van der Waals surface area contributed by atoms with Crippen LogP contribution in [0.25, 0.3) is 0 Å². The van der Waals surface area contributed by atoms with Crippen LogP contribution in [0, 0.1) is 20.8 Å². The van der Waals surface area contributed by atoms with E-state index in [0.29, 0.717) is 11.7 Å². The van der Waals surface area contributed by atoms with Gasteiger partial charge in [0.15, 0.2) is 0 Å². The summed E-state index contributed by atoms with van der Waals surface area (Å²) < 4.78 is 1.69. The van der Waals surface area contributed by atoms with Crippen molar-refractivity contribution in [3.05, 3.63) is 34.0 Å². The van der Waals surface area contributed by atoms with Crippen molar-refractivity contribution in [2.24, 2.45) is 7.05 Å². The zero-order valence-corrected chi connectivity index (χ0v) is 12.7. The van der Waals surface area contributed by atoms with Gasteiger partial charge in [-0.3, -0.25) is 4.68 Å². The molecule has 0 fully saturated rings. The van der Waals surface area contributed by atoms with Crippen molar-refractivity contribution in [3.8, 4) is 0 Å². The van der Waals surface area contributed by atoms with Crippen LogP contribution in [0.3, 0.4) is 0 Å². The molecule has 102 valence electrons. The molecule has 0 aliphatic carbocycles. The minimum Gasteiger partial charge on any atom is -0.355 e. The lowest BCUT2D eigenvalue weighted by atomic mass is 10.2. The summed E-state index contributed by atoms with van der Waals surface area (Å²) in [4.78, 5) is 10.8. The lowest BCUT2D eigenvalue weighted by Crippen LogP contribution is -2.19. The fourth-order valence-electron chi connectivity index (χ4n) is 2.06. The number of hydrogen-bond acceptors (Lipinski definition) is 4. The molecular weight excluding hydrogens is 262 g/mol. The van der Waals surface area contributed by atoms with E-state index in [4.69, 9.17) is 11.6 Å². The summed E-state index contributed by atoms with van der Waals surface area (Å²) in [6.45, 7) is 6.50. The number of hydrogen-bond donors (Lipinski definition) is 0. The van der Waals surface area contributed by atoms with Crippen molar-refractivity contribution in [1.29, 1.82) is 0 Å². The molecule has 0 unspecified atom stereocenters. The molecule has 0 amide bonds. The fourth-order valence-corrected chi connectivity index (χ4v) is 2.30. The maximum absolute atomic E-state index is 6.25. The third kappa shape index (κ3) is 2.87. The highest BCUT2D eigenvalue weighted by Crippen LogP contribution is 2.22. The quantitative estimate of drug-likeness (QED) is 0.866. The minimum atomic E-state index is 0.673. The Kier molecular flexibility index (Phi) is 3.75. The van der Waals surface area contributed by atoms with E-state index in [9.17, 15) is 0 Å². The van der Waals surface area contributed by atoms with E-state index in [1.807, 2.05) is 40.9 Å². The average Bonchev–Trinajstić information content (AvgIpc) is 2.54. The second-order valence-corrected chi connectivity index (χ2v) is 5.11. The number of rotatable bonds is 3. The number of nitrogens with zero attached hydrogens (tertiary/aromatic N) is 5. The van der Waals surface area contributed by atoms with Crippen LogP contribution in [-0.4, -0.2) is 26.8 Å². The van der Waals surface area contributed by atoms with E-state index >= 15 is 0 Å². The Balaban J connectivity index is 2.27. The fraction of sp³-hybridized carbons (Fsp3) is 0.462. The van der Waals surface area contributed by atoms with Gasteiger partial charge in [0.05, 0.1) is 5.69 Å². The topological polar surface area (TPSA) is 46.8 Å². The molecule has 0 saturated carbocycles. The third-order valence-corrected chi connectivity index (χ3v) is 3.48. The first-order chi connectivity index (χ1) is 8.88. The van der Waals surface area contributed by atoms with Gasteiger partial charge in [-0.1, -0.05) is 11.6 Å². The highest BCUT2D eigenvalue weighted by atomic mass is 35.5. The van der Waals surface area contributed by atoms with Gasteiger partial charge in [0.25, 0.3) is 0 Å². The first-order valence-corrected chi connectivity index (χ1v) is 6.47. The summed E-state index contributed by atoms with van der Waals surface area (Å²) in [5.41, 5.74) is 2.94. The van der Waals surface area contributed by atoms with Crippen LogP contribution < -0.4 is 4.90 Å². The van der Waals surface area contributed by atoms with Gasteiger partial charge in [0.1, 0.15) is 16.8 Å². The first-order valence-electron chi connectivity index (χ1n) is 6.10. The summed E-state index contributed by atoms with van der Waals surface area (Å²) in [6.07, 6.45) is 0. The minimum absolute atomic E-state index is 0.673. The predicted molar refractivity (Wildman–Crippen MR) is 76.6 cm³/mol. The van der Waals surface area contributed by atoms with Crippen molar-refractivity contribution < 1.29 is 0 Å². The van der Waals surface area contributed by atoms with Gasteiger partial charge in [-0.15, -0.1) is 0 Å². The van der Waals surface area contributed by atoms with Gasteiger partial charge in [0, 0.05) is 38.0 Å². The van der Waals surface area contributed by atoms with Crippen molar-refractivity contribution in [1.82, 2.24) is 19.7 Å². The smallest absolute Gasteiger partial charge is 0.132 e. The Morgan fingerprint density at radius 3 is 2.47 bits per heavy atom. The van der Waals surface area contributed by atoms with Gasteiger partial charge >= 0.3 is 0 Å². The van der Waals surface area contributed by atoms with E-state index in [1.165, 1.54) is 0 Å². The van der Waals surface area contributed by atoms with Crippen molar-refractivity contribution in [2.45, 2.75) is 27.3 Å². The first kappa shape index (κ1) is 13.8. The molecule has 5 nitrogen and oxygen atoms in total. The zero-order valence-electron chi connectivity index (χ0n) is 11.9. The van der Waals surface area contributed by atoms with Gasteiger partial charge in [0.2, 0.25) is 0 Å². The monoisotopic (exact) mass is 279 g/mol. The maximum atomic E-state index is 6.25. The zero-order chi connectivity index (χ0) is 14.2. The van der Waals surface area contributed by atoms with Crippen LogP contribution in [0.2, 0.25) is 5.15 Å². The Labute approximate surface area is 118 Å². The summed E-state index contributed by atoms with van der Waals surface area (Å²) in [6, 6.07) is 1.96. The second kappa shape index (κ2) is 5.17. The molecule has 2 aromatic rings. The molecule has 6 heteroatoms. The van der Waals surface area contributed by atoms with E-state index in [-0.39, 0.29) is 0 Å². The standard InChI is InChI=1S/C13H18ClN5/c1-8-6-12(16-10(3)15-8)18(4)7-11-9(2)17-19(5)13(11)14/h6H,7H2,1-5H3. The Bertz CT molecular complexity index is 585. The van der Waals surface area contributed by atoms with Crippen LogP contribution in [0.4, 0.5) is 5.82 Å². The molecule has 0 spiro atoms. The molecular formula is C13H18ClN5. The summed E-state index contributed by atoms with van der Waals surface area (Å²) in [5, 5.41) is 4.99. The summed E-state index contributed by atoms with van der Waals surface area (Å²) in [7, 11) is 3.84. The molecule has 0 aliphatic heterocycles. The van der Waals surface area contributed by atoms with Crippen LogP contribution in [0.5, 0.6) is 0 Å².